The van der Waals surface area contributed by atoms with Crippen molar-refractivity contribution >= 4 is 23.2 Å². The van der Waals surface area contributed by atoms with Crippen LogP contribution in [0.25, 0.3) is 0 Å². The minimum absolute atomic E-state index is 0.0178. The molecule has 2 N–H and O–H groups in total. The van der Waals surface area contributed by atoms with E-state index in [9.17, 15) is 31.5 Å². The molecule has 3 aromatic rings. The molecule has 2 heterocycles. The molecule has 1 amide bonds. The molecule has 1 aliphatic rings. The number of ether oxygens (including phenoxy) is 1. The Balaban J connectivity index is 0.000000312. The van der Waals surface area contributed by atoms with Gasteiger partial charge in [0.2, 0.25) is 23.2 Å². The van der Waals surface area contributed by atoms with Crippen molar-refractivity contribution < 1.29 is 36.3 Å². The number of carbonyl (C=O) groups excluding carboxylic acids is 2. The van der Waals surface area contributed by atoms with E-state index in [0.29, 0.717) is 17.2 Å². The third-order valence-corrected chi connectivity index (χ3v) is 6.46. The van der Waals surface area contributed by atoms with Gasteiger partial charge in [0.25, 0.3) is 5.91 Å². The number of aromatic nitrogens is 2. The minimum atomic E-state index is -1.74. The van der Waals surface area contributed by atoms with Gasteiger partial charge in [-0.25, -0.2) is 23.1 Å². The van der Waals surface area contributed by atoms with Gasteiger partial charge in [0.05, 0.1) is 17.0 Å². The number of hydrogen-bond donors (Lipinski definition) is 1. The topological polar surface area (TPSA) is 111 Å². The summed E-state index contributed by atoms with van der Waals surface area (Å²) in [5, 5.41) is 0. The van der Waals surface area contributed by atoms with Gasteiger partial charge in [-0.1, -0.05) is 20.8 Å². The zero-order valence-electron chi connectivity index (χ0n) is 23.6. The van der Waals surface area contributed by atoms with Crippen molar-refractivity contribution in [2.24, 2.45) is 16.8 Å². The fraction of sp³-hybridized carbons (Fsp3) is 0.345. The molecule has 0 saturated carbocycles. The summed E-state index contributed by atoms with van der Waals surface area (Å²) >= 11 is 0. The molecular weight excluding hydrogens is 561 g/mol. The maximum absolute atomic E-state index is 14.7. The molecule has 8 nitrogen and oxygen atoms in total. The summed E-state index contributed by atoms with van der Waals surface area (Å²) in [6.07, 6.45) is 2.27. The van der Waals surface area contributed by atoms with Crippen LogP contribution in [0.1, 0.15) is 44.0 Å². The maximum atomic E-state index is 14.7. The van der Waals surface area contributed by atoms with Crippen LogP contribution in [0.3, 0.4) is 0 Å². The van der Waals surface area contributed by atoms with Crippen LogP contribution in [-0.4, -0.2) is 52.4 Å². The highest BCUT2D eigenvalue weighted by atomic mass is 19.2. The highest BCUT2D eigenvalue weighted by molar-refractivity contribution is 6.36. The fourth-order valence-electron chi connectivity index (χ4n) is 4.18. The van der Waals surface area contributed by atoms with Gasteiger partial charge in [0.15, 0.2) is 11.6 Å². The number of Topliss-reactive ketones (excluding diaryl/α,β-unsaturated/α-hetero) is 1. The lowest BCUT2D eigenvalue weighted by molar-refractivity contribution is -0.145. The summed E-state index contributed by atoms with van der Waals surface area (Å²) in [5.74, 6) is -9.48. The van der Waals surface area contributed by atoms with Crippen molar-refractivity contribution in [2.45, 2.75) is 34.1 Å². The number of nitrogen functional groups attached to an aromatic ring is 1. The number of anilines is 1. The molecule has 1 saturated heterocycles. The van der Waals surface area contributed by atoms with Crippen LogP contribution in [0, 0.1) is 47.8 Å². The van der Waals surface area contributed by atoms with Gasteiger partial charge in [-0.3, -0.25) is 14.6 Å². The minimum Gasteiger partial charge on any atom is -0.451 e. The summed E-state index contributed by atoms with van der Waals surface area (Å²) < 4.78 is 73.7. The van der Waals surface area contributed by atoms with Crippen LogP contribution < -0.4 is 10.5 Å². The lowest BCUT2D eigenvalue weighted by Crippen LogP contribution is -2.36. The van der Waals surface area contributed by atoms with Crippen molar-refractivity contribution in [1.82, 2.24) is 14.9 Å². The van der Waals surface area contributed by atoms with Crippen LogP contribution >= 0.6 is 0 Å². The summed E-state index contributed by atoms with van der Waals surface area (Å²) in [5.41, 5.74) is 6.73. The van der Waals surface area contributed by atoms with E-state index >= 15 is 0 Å². The predicted molar refractivity (Wildman–Crippen MR) is 146 cm³/mol. The number of amides is 1. The van der Waals surface area contributed by atoms with Crippen LogP contribution in [-0.2, 0) is 9.59 Å². The Labute approximate surface area is 239 Å². The van der Waals surface area contributed by atoms with Crippen LogP contribution in [0.4, 0.5) is 27.8 Å². The van der Waals surface area contributed by atoms with Crippen molar-refractivity contribution in [3.8, 4) is 11.5 Å². The zero-order chi connectivity index (χ0) is 31.3. The number of aryl methyl sites for hydroxylation is 1. The van der Waals surface area contributed by atoms with E-state index in [1.54, 1.807) is 25.7 Å². The van der Waals surface area contributed by atoms with Gasteiger partial charge in [0.1, 0.15) is 23.7 Å². The van der Waals surface area contributed by atoms with Crippen molar-refractivity contribution in [2.75, 3.05) is 25.9 Å². The van der Waals surface area contributed by atoms with Crippen molar-refractivity contribution in [3.05, 3.63) is 76.5 Å². The van der Waals surface area contributed by atoms with Gasteiger partial charge in [-0.15, -0.1) is 0 Å². The van der Waals surface area contributed by atoms with Gasteiger partial charge in [-0.05, 0) is 31.4 Å². The Hall–Kier alpha value is -4.42. The van der Waals surface area contributed by atoms with Crippen molar-refractivity contribution in [1.29, 1.82) is 0 Å². The molecule has 224 valence electrons. The molecule has 1 aromatic heterocycles. The first-order chi connectivity index (χ1) is 19.8. The first kappa shape index (κ1) is 32.1. The standard InChI is InChI=1S/C19H13F5N4O.C10H17NO2/c1-8-14(19(25)28-7-27-8)17(26-2)10-4-3-9(5-11(10)20)29-18-15(23)12(21)6-13(22)16(18)24;1-7(2)9(12)10(13)11-5-4-8(3)6-11/h3-7H,1-2H3,(H2,25,27,28);7-8H,4-6H2,1-3H3. The Morgan fingerprint density at radius 2 is 1.69 bits per heavy atom. The quantitative estimate of drug-likeness (QED) is 0.178. The first-order valence-corrected chi connectivity index (χ1v) is 12.9. The van der Waals surface area contributed by atoms with Crippen LogP contribution in [0.15, 0.2) is 35.6 Å². The molecule has 1 unspecified atom stereocenters. The summed E-state index contributed by atoms with van der Waals surface area (Å²) in [6, 6.07) is 3.20. The van der Waals surface area contributed by atoms with E-state index in [-0.39, 0.29) is 40.8 Å². The second-order valence-corrected chi connectivity index (χ2v) is 10.00. The lowest BCUT2D eigenvalue weighted by Gasteiger charge is -2.15. The monoisotopic (exact) mass is 591 g/mol. The SMILES string of the molecule is CC1CCN(C(=O)C(=O)C(C)C)C1.CN=C(c1ccc(Oc2c(F)c(F)cc(F)c2F)cc1F)c1c(C)ncnc1N. The molecule has 42 heavy (non-hydrogen) atoms. The normalized spacial score (nSPS) is 15.0. The smallest absolute Gasteiger partial charge is 0.290 e. The third-order valence-electron chi connectivity index (χ3n) is 6.46. The third kappa shape index (κ3) is 7.07. The Bertz CT molecular complexity index is 1480. The lowest BCUT2D eigenvalue weighted by atomic mass is 10.0. The number of benzene rings is 2. The molecule has 1 aliphatic heterocycles. The molecule has 0 bridgehead atoms. The highest BCUT2D eigenvalue weighted by Crippen LogP contribution is 2.32. The van der Waals surface area contributed by atoms with E-state index in [2.05, 4.69) is 21.9 Å². The number of nitrogens with zero attached hydrogens (tertiary/aromatic N) is 4. The molecule has 0 spiro atoms. The van der Waals surface area contributed by atoms with Gasteiger partial charge >= 0.3 is 0 Å². The fourth-order valence-corrected chi connectivity index (χ4v) is 4.18. The Kier molecular flexibility index (Phi) is 10.3. The van der Waals surface area contributed by atoms with E-state index < -0.39 is 40.6 Å². The average molecular weight is 592 g/mol. The maximum Gasteiger partial charge on any atom is 0.290 e. The number of nitrogens with two attached hydrogens (primary N) is 1. The number of aliphatic imine (C=N–C) groups is 1. The first-order valence-electron chi connectivity index (χ1n) is 12.9. The van der Waals surface area contributed by atoms with Crippen LogP contribution in [0.5, 0.6) is 11.5 Å². The molecule has 2 aromatic carbocycles. The van der Waals surface area contributed by atoms with E-state index in [1.165, 1.54) is 19.4 Å². The average Bonchev–Trinajstić information content (AvgIpc) is 3.38. The highest BCUT2D eigenvalue weighted by Gasteiger charge is 2.29. The zero-order valence-corrected chi connectivity index (χ0v) is 23.6. The van der Waals surface area contributed by atoms with Gasteiger partial charge in [0, 0.05) is 43.8 Å². The van der Waals surface area contributed by atoms with Crippen LogP contribution in [0.2, 0.25) is 0 Å². The van der Waals surface area contributed by atoms with Crippen molar-refractivity contribution in [3.63, 3.8) is 0 Å². The van der Waals surface area contributed by atoms with Gasteiger partial charge in [-0.2, -0.15) is 8.78 Å². The molecule has 4 rings (SSSR count). The molecule has 1 atom stereocenters. The van der Waals surface area contributed by atoms with E-state index in [4.69, 9.17) is 10.5 Å². The number of halogens is 5. The van der Waals surface area contributed by atoms with E-state index in [1.807, 2.05) is 0 Å². The van der Waals surface area contributed by atoms with Gasteiger partial charge < -0.3 is 15.4 Å². The molecular formula is C29H30F5N5O3. The Morgan fingerprint density at radius 3 is 2.19 bits per heavy atom. The number of hydrogen-bond acceptors (Lipinski definition) is 7. The second-order valence-electron chi connectivity index (χ2n) is 10.00. The summed E-state index contributed by atoms with van der Waals surface area (Å²) in [4.78, 5) is 36.4. The van der Waals surface area contributed by atoms with E-state index in [0.717, 1.165) is 31.6 Å². The molecule has 0 radical (unpaired) electrons. The number of carbonyl (C=O) groups is 2. The second kappa shape index (κ2) is 13.5. The Morgan fingerprint density at radius 1 is 1.05 bits per heavy atom. The molecule has 0 aliphatic carbocycles. The number of rotatable bonds is 6. The summed E-state index contributed by atoms with van der Waals surface area (Å²) in [6.45, 7) is 8.76. The predicted octanol–water partition coefficient (Wildman–Crippen LogP) is 5.40. The number of likely N-dealkylation sites (tertiary alicyclic amines) is 1. The molecule has 13 heteroatoms. The summed E-state index contributed by atoms with van der Waals surface area (Å²) in [7, 11) is 1.41. The number of ketones is 1. The largest absolute Gasteiger partial charge is 0.451 e. The molecule has 1 fully saturated rings.